The minimum Gasteiger partial charge on any atom is -0.366 e. The van der Waals surface area contributed by atoms with Crippen LogP contribution >= 0.6 is 0 Å². The Kier molecular flexibility index (Phi) is 2.99. The molecule has 23 heavy (non-hydrogen) atoms. The minimum atomic E-state index is -0.462. The van der Waals surface area contributed by atoms with Crippen molar-refractivity contribution < 1.29 is 4.79 Å². The highest BCUT2D eigenvalue weighted by Crippen LogP contribution is 2.34. The van der Waals surface area contributed by atoms with Gasteiger partial charge in [-0.15, -0.1) is 0 Å². The van der Waals surface area contributed by atoms with Crippen LogP contribution in [0.1, 0.15) is 34.2 Å². The number of rotatable bonds is 2. The first kappa shape index (κ1) is 14.0. The summed E-state index contributed by atoms with van der Waals surface area (Å²) in [6.07, 6.45) is 0.999. The lowest BCUT2D eigenvalue weighted by molar-refractivity contribution is 0.100. The number of amides is 1. The molecule has 1 aromatic heterocycles. The highest BCUT2D eigenvalue weighted by atomic mass is 16.1. The lowest BCUT2D eigenvalue weighted by atomic mass is 9.83. The van der Waals surface area contributed by atoms with Crippen LogP contribution in [-0.2, 0) is 12.0 Å². The van der Waals surface area contributed by atoms with E-state index in [0.29, 0.717) is 11.1 Å². The molecule has 0 radical (unpaired) electrons. The van der Waals surface area contributed by atoms with Gasteiger partial charge in [-0.2, -0.15) is 0 Å². The molecular formula is C18H18N4O. The first-order valence-electron chi connectivity index (χ1n) is 7.72. The number of fused-ring (bicyclic) bond motifs is 2. The largest absolute Gasteiger partial charge is 0.366 e. The Morgan fingerprint density at radius 1 is 1.22 bits per heavy atom. The van der Waals surface area contributed by atoms with Gasteiger partial charge in [0.05, 0.1) is 16.6 Å². The number of hydrogen-bond donors (Lipinski definition) is 3. The Balaban J connectivity index is 1.93. The maximum Gasteiger partial charge on any atom is 0.250 e. The highest BCUT2D eigenvalue weighted by Gasteiger charge is 2.36. The monoisotopic (exact) mass is 306 g/mol. The van der Waals surface area contributed by atoms with Crippen molar-refractivity contribution in [2.75, 3.05) is 6.54 Å². The lowest BCUT2D eigenvalue weighted by Gasteiger charge is -2.35. The Labute approximate surface area is 133 Å². The van der Waals surface area contributed by atoms with E-state index in [2.05, 4.69) is 35.4 Å². The third-order valence-corrected chi connectivity index (χ3v) is 4.68. The Morgan fingerprint density at radius 2 is 2.04 bits per heavy atom. The van der Waals surface area contributed by atoms with Crippen LogP contribution in [-0.4, -0.2) is 22.4 Å². The molecule has 0 aliphatic carbocycles. The molecule has 0 spiro atoms. The van der Waals surface area contributed by atoms with E-state index in [0.717, 1.165) is 24.3 Å². The zero-order valence-corrected chi connectivity index (χ0v) is 12.9. The fourth-order valence-corrected chi connectivity index (χ4v) is 3.45. The third-order valence-electron chi connectivity index (χ3n) is 4.68. The van der Waals surface area contributed by atoms with Crippen molar-refractivity contribution in [1.82, 2.24) is 15.3 Å². The topological polar surface area (TPSA) is 83.8 Å². The van der Waals surface area contributed by atoms with Gasteiger partial charge in [-0.05, 0) is 36.6 Å². The number of nitrogens with one attached hydrogen (secondary N) is 2. The molecule has 0 fully saturated rings. The van der Waals surface area contributed by atoms with Crippen molar-refractivity contribution in [3.63, 3.8) is 0 Å². The number of imidazole rings is 1. The van der Waals surface area contributed by atoms with Crippen molar-refractivity contribution in [2.24, 2.45) is 5.73 Å². The van der Waals surface area contributed by atoms with Crippen LogP contribution in [0.5, 0.6) is 0 Å². The van der Waals surface area contributed by atoms with Crippen molar-refractivity contribution in [1.29, 1.82) is 0 Å². The van der Waals surface area contributed by atoms with Crippen LogP contribution in [0, 0.1) is 0 Å². The molecule has 1 unspecified atom stereocenters. The fourth-order valence-electron chi connectivity index (χ4n) is 3.45. The Hall–Kier alpha value is -2.66. The predicted octanol–water partition coefficient (Wildman–Crippen LogP) is 2.07. The molecule has 3 aromatic rings. The van der Waals surface area contributed by atoms with Gasteiger partial charge in [-0.1, -0.05) is 30.3 Å². The van der Waals surface area contributed by atoms with Crippen LogP contribution in [0.4, 0.5) is 0 Å². The third kappa shape index (κ3) is 2.04. The molecule has 1 atom stereocenters. The van der Waals surface area contributed by atoms with Gasteiger partial charge in [0, 0.05) is 6.54 Å². The van der Waals surface area contributed by atoms with Gasteiger partial charge in [0.25, 0.3) is 5.91 Å². The van der Waals surface area contributed by atoms with Crippen LogP contribution < -0.4 is 11.1 Å². The second kappa shape index (κ2) is 4.93. The summed E-state index contributed by atoms with van der Waals surface area (Å²) >= 11 is 0. The summed E-state index contributed by atoms with van der Waals surface area (Å²) in [7, 11) is 0. The van der Waals surface area contributed by atoms with Crippen molar-refractivity contribution in [3.8, 4) is 0 Å². The van der Waals surface area contributed by atoms with E-state index in [-0.39, 0.29) is 0 Å². The normalized spacial score (nSPS) is 20.4. The molecule has 5 nitrogen and oxygen atoms in total. The number of nitrogens with two attached hydrogens (primary N) is 1. The van der Waals surface area contributed by atoms with Gasteiger partial charge in [-0.25, -0.2) is 4.98 Å². The first-order chi connectivity index (χ1) is 11.1. The Bertz CT molecular complexity index is 914. The number of nitrogens with zero attached hydrogens (tertiary/aromatic N) is 1. The van der Waals surface area contributed by atoms with Crippen molar-refractivity contribution >= 4 is 16.9 Å². The average Bonchev–Trinajstić information content (AvgIpc) is 3.00. The predicted molar refractivity (Wildman–Crippen MR) is 89.2 cm³/mol. The van der Waals surface area contributed by atoms with E-state index in [1.54, 1.807) is 6.07 Å². The zero-order chi connectivity index (χ0) is 16.0. The summed E-state index contributed by atoms with van der Waals surface area (Å²) in [5.74, 6) is 0.337. The maximum absolute atomic E-state index is 11.6. The van der Waals surface area contributed by atoms with Gasteiger partial charge >= 0.3 is 0 Å². The number of benzene rings is 2. The van der Waals surface area contributed by atoms with E-state index < -0.39 is 11.4 Å². The number of carbonyl (C=O) groups excluding carboxylic acids is 1. The summed E-state index contributed by atoms with van der Waals surface area (Å²) in [6, 6.07) is 13.8. The number of aromatic amines is 1. The molecule has 4 rings (SSSR count). The van der Waals surface area contributed by atoms with E-state index in [1.165, 1.54) is 11.1 Å². The van der Waals surface area contributed by atoms with Crippen molar-refractivity contribution in [2.45, 2.75) is 18.9 Å². The molecule has 2 aromatic carbocycles. The molecule has 0 saturated heterocycles. The van der Waals surface area contributed by atoms with Gasteiger partial charge < -0.3 is 16.0 Å². The number of hydrogen-bond acceptors (Lipinski definition) is 3. The van der Waals surface area contributed by atoms with E-state index in [4.69, 9.17) is 10.7 Å². The quantitative estimate of drug-likeness (QED) is 0.677. The van der Waals surface area contributed by atoms with Crippen LogP contribution in [0.3, 0.4) is 0 Å². The highest BCUT2D eigenvalue weighted by molar-refractivity contribution is 6.04. The van der Waals surface area contributed by atoms with Crippen LogP contribution in [0.15, 0.2) is 42.5 Å². The number of carbonyl (C=O) groups is 1. The SMILES string of the molecule is CC1(c2nc3c(C(N)=O)cccc3[nH]2)NCCc2ccccc21. The minimum absolute atomic E-state index is 0.414. The van der Waals surface area contributed by atoms with Gasteiger partial charge in [0.1, 0.15) is 11.3 Å². The summed E-state index contributed by atoms with van der Waals surface area (Å²) in [6.45, 7) is 3.00. The number of primary amides is 1. The van der Waals surface area contributed by atoms with Gasteiger partial charge in [0.15, 0.2) is 0 Å². The number of aromatic nitrogens is 2. The second-order valence-corrected chi connectivity index (χ2v) is 6.11. The standard InChI is InChI=1S/C18H18N4O/c1-18(13-7-3-2-5-11(13)9-10-20-18)17-21-14-8-4-6-12(16(19)23)15(14)22-17/h2-8,20H,9-10H2,1H3,(H2,19,23)(H,21,22). The molecule has 1 amide bonds. The molecule has 5 heteroatoms. The van der Waals surface area contributed by atoms with E-state index in [9.17, 15) is 4.79 Å². The van der Waals surface area contributed by atoms with E-state index >= 15 is 0 Å². The van der Waals surface area contributed by atoms with Crippen LogP contribution in [0.2, 0.25) is 0 Å². The maximum atomic E-state index is 11.6. The van der Waals surface area contributed by atoms with Crippen molar-refractivity contribution in [3.05, 3.63) is 65.0 Å². The van der Waals surface area contributed by atoms with E-state index in [1.807, 2.05) is 18.2 Å². The number of H-pyrrole nitrogens is 1. The molecular weight excluding hydrogens is 288 g/mol. The molecule has 116 valence electrons. The summed E-state index contributed by atoms with van der Waals surface area (Å²) in [4.78, 5) is 19.7. The molecule has 0 bridgehead atoms. The van der Waals surface area contributed by atoms with Gasteiger partial charge in [-0.3, -0.25) is 4.79 Å². The Morgan fingerprint density at radius 3 is 2.87 bits per heavy atom. The zero-order valence-electron chi connectivity index (χ0n) is 12.9. The lowest BCUT2D eigenvalue weighted by Crippen LogP contribution is -2.46. The molecule has 0 saturated carbocycles. The first-order valence-corrected chi connectivity index (χ1v) is 7.72. The average molecular weight is 306 g/mol. The molecule has 1 aliphatic rings. The fraction of sp³-hybridized carbons (Fsp3) is 0.222. The van der Waals surface area contributed by atoms with Gasteiger partial charge in [0.2, 0.25) is 0 Å². The van der Waals surface area contributed by atoms with Crippen LogP contribution in [0.25, 0.3) is 11.0 Å². The summed E-state index contributed by atoms with van der Waals surface area (Å²) in [5, 5.41) is 3.57. The summed E-state index contributed by atoms with van der Waals surface area (Å²) < 4.78 is 0. The molecule has 4 N–H and O–H groups in total. The second-order valence-electron chi connectivity index (χ2n) is 6.11. The number of para-hydroxylation sites is 1. The molecule has 1 aliphatic heterocycles. The summed E-state index contributed by atoms with van der Waals surface area (Å²) in [5.41, 5.74) is 9.48. The smallest absolute Gasteiger partial charge is 0.250 e. The molecule has 2 heterocycles.